The quantitative estimate of drug-likeness (QED) is 0.835. The largest absolute Gasteiger partial charge is 0.478 e. The van der Waals surface area contributed by atoms with E-state index < -0.39 is 11.6 Å². The molecule has 6 heteroatoms. The first-order valence-corrected chi connectivity index (χ1v) is 6.95. The van der Waals surface area contributed by atoms with Gasteiger partial charge in [0.15, 0.2) is 5.60 Å². The van der Waals surface area contributed by atoms with Crippen LogP contribution in [-0.4, -0.2) is 42.8 Å². The number of nitrogens with zero attached hydrogens (tertiary/aromatic N) is 1. The second-order valence-corrected chi connectivity index (χ2v) is 5.39. The summed E-state index contributed by atoms with van der Waals surface area (Å²) in [6.45, 7) is 1.04. The Bertz CT molecular complexity index is 594. The zero-order valence-electron chi connectivity index (χ0n) is 11.8. The van der Waals surface area contributed by atoms with Crippen molar-refractivity contribution in [3.05, 3.63) is 23.8 Å². The number of carbonyl (C=O) groups is 2. The Kier molecular flexibility index (Phi) is 3.33. The van der Waals surface area contributed by atoms with E-state index in [4.69, 9.17) is 14.6 Å². The van der Waals surface area contributed by atoms with Crippen molar-refractivity contribution in [1.29, 1.82) is 0 Å². The third-order valence-electron chi connectivity index (χ3n) is 3.87. The van der Waals surface area contributed by atoms with Crippen LogP contribution in [0.4, 0.5) is 5.69 Å². The molecule has 0 unspecified atom stereocenters. The third-order valence-corrected chi connectivity index (χ3v) is 3.87. The highest BCUT2D eigenvalue weighted by Gasteiger charge is 2.57. The van der Waals surface area contributed by atoms with Crippen LogP contribution in [0.15, 0.2) is 18.2 Å². The fourth-order valence-electron chi connectivity index (χ4n) is 2.58. The predicted molar refractivity (Wildman–Crippen MR) is 74.8 cm³/mol. The van der Waals surface area contributed by atoms with Crippen molar-refractivity contribution in [2.45, 2.75) is 24.9 Å². The SMILES string of the molecule is COCCCN1C(=O)C2(CC2)Oc2ccc(C(=O)O)cc21. The van der Waals surface area contributed by atoms with E-state index in [0.29, 0.717) is 43.9 Å². The van der Waals surface area contributed by atoms with E-state index in [-0.39, 0.29) is 11.5 Å². The highest BCUT2D eigenvalue weighted by atomic mass is 16.5. The van der Waals surface area contributed by atoms with E-state index in [9.17, 15) is 9.59 Å². The fourth-order valence-corrected chi connectivity index (χ4v) is 2.58. The van der Waals surface area contributed by atoms with Crippen LogP contribution >= 0.6 is 0 Å². The van der Waals surface area contributed by atoms with Gasteiger partial charge >= 0.3 is 5.97 Å². The molecule has 0 radical (unpaired) electrons. The van der Waals surface area contributed by atoms with Gasteiger partial charge in [0.2, 0.25) is 0 Å². The number of carboxylic acids is 1. The van der Waals surface area contributed by atoms with E-state index in [1.165, 1.54) is 12.1 Å². The molecule has 0 saturated heterocycles. The van der Waals surface area contributed by atoms with Crippen molar-refractivity contribution in [2.75, 3.05) is 25.2 Å². The van der Waals surface area contributed by atoms with Gasteiger partial charge in [-0.3, -0.25) is 4.79 Å². The maximum absolute atomic E-state index is 12.6. The molecule has 0 atom stereocenters. The molecule has 112 valence electrons. The monoisotopic (exact) mass is 291 g/mol. The minimum Gasteiger partial charge on any atom is -0.478 e. The lowest BCUT2D eigenvalue weighted by Crippen LogP contribution is -2.48. The number of ether oxygens (including phenoxy) is 2. The van der Waals surface area contributed by atoms with Gasteiger partial charge in [-0.05, 0) is 24.6 Å². The van der Waals surface area contributed by atoms with Crippen molar-refractivity contribution in [3.8, 4) is 5.75 Å². The lowest BCUT2D eigenvalue weighted by atomic mass is 10.1. The molecule has 1 fully saturated rings. The Balaban J connectivity index is 1.95. The standard InChI is InChI=1S/C15H17NO5/c1-20-8-2-7-16-11-9-10(13(17)18)3-4-12(11)21-15(5-6-15)14(16)19/h3-4,9H,2,5-8H2,1H3,(H,17,18). The van der Waals surface area contributed by atoms with Gasteiger partial charge in [0.25, 0.3) is 5.91 Å². The number of carboxylic acid groups (broad SMARTS) is 1. The van der Waals surface area contributed by atoms with Gasteiger partial charge < -0.3 is 19.5 Å². The van der Waals surface area contributed by atoms with Gasteiger partial charge in [-0.1, -0.05) is 0 Å². The van der Waals surface area contributed by atoms with Gasteiger partial charge in [-0.25, -0.2) is 4.79 Å². The number of hydrogen-bond acceptors (Lipinski definition) is 4. The minimum absolute atomic E-state index is 0.0753. The summed E-state index contributed by atoms with van der Waals surface area (Å²) in [5, 5.41) is 9.10. The Morgan fingerprint density at radius 3 is 2.86 bits per heavy atom. The van der Waals surface area contributed by atoms with Crippen LogP contribution in [0.1, 0.15) is 29.6 Å². The summed E-state index contributed by atoms with van der Waals surface area (Å²) >= 11 is 0. The summed E-state index contributed by atoms with van der Waals surface area (Å²) in [6.07, 6.45) is 2.12. The van der Waals surface area contributed by atoms with Crippen LogP contribution in [0.5, 0.6) is 5.75 Å². The molecular weight excluding hydrogens is 274 g/mol. The zero-order valence-corrected chi connectivity index (χ0v) is 11.8. The Hall–Kier alpha value is -2.08. The van der Waals surface area contributed by atoms with Gasteiger partial charge in [0.1, 0.15) is 5.75 Å². The van der Waals surface area contributed by atoms with E-state index >= 15 is 0 Å². The van der Waals surface area contributed by atoms with Gasteiger partial charge in [0.05, 0.1) is 11.3 Å². The van der Waals surface area contributed by atoms with Gasteiger partial charge in [0, 0.05) is 33.1 Å². The number of rotatable bonds is 5. The average Bonchev–Trinajstić information content (AvgIpc) is 3.23. The lowest BCUT2D eigenvalue weighted by molar-refractivity contribution is -0.128. The van der Waals surface area contributed by atoms with Crippen LogP contribution in [-0.2, 0) is 9.53 Å². The van der Waals surface area contributed by atoms with Crippen molar-refractivity contribution in [1.82, 2.24) is 0 Å². The van der Waals surface area contributed by atoms with Crippen LogP contribution in [0.3, 0.4) is 0 Å². The maximum atomic E-state index is 12.6. The number of carbonyl (C=O) groups excluding carboxylic acids is 1. The van der Waals surface area contributed by atoms with Crippen LogP contribution in [0, 0.1) is 0 Å². The molecular formula is C15H17NO5. The summed E-state index contributed by atoms with van der Waals surface area (Å²) in [4.78, 5) is 25.3. The summed E-state index contributed by atoms with van der Waals surface area (Å²) in [6, 6.07) is 4.63. The lowest BCUT2D eigenvalue weighted by Gasteiger charge is -2.35. The summed E-state index contributed by atoms with van der Waals surface area (Å²) in [7, 11) is 1.61. The van der Waals surface area contributed by atoms with Gasteiger partial charge in [-0.2, -0.15) is 0 Å². The van der Waals surface area contributed by atoms with Crippen LogP contribution in [0.25, 0.3) is 0 Å². The van der Waals surface area contributed by atoms with E-state index in [0.717, 1.165) is 0 Å². The second kappa shape index (κ2) is 5.04. The summed E-state index contributed by atoms with van der Waals surface area (Å²) < 4.78 is 10.8. The maximum Gasteiger partial charge on any atom is 0.335 e. The fraction of sp³-hybridized carbons (Fsp3) is 0.467. The molecule has 0 aromatic heterocycles. The highest BCUT2D eigenvalue weighted by Crippen LogP contribution is 2.49. The third kappa shape index (κ3) is 2.35. The number of methoxy groups -OCH3 is 1. The summed E-state index contributed by atoms with van der Waals surface area (Å²) in [5.41, 5.74) is -0.0349. The first-order chi connectivity index (χ1) is 10.1. The summed E-state index contributed by atoms with van der Waals surface area (Å²) in [5.74, 6) is -0.517. The number of fused-ring (bicyclic) bond motifs is 1. The molecule has 2 aliphatic rings. The van der Waals surface area contributed by atoms with Gasteiger partial charge in [-0.15, -0.1) is 0 Å². The molecule has 1 N–H and O–H groups in total. The number of aromatic carboxylic acids is 1. The van der Waals surface area contributed by atoms with E-state index in [2.05, 4.69) is 0 Å². The molecule has 0 bridgehead atoms. The van der Waals surface area contributed by atoms with E-state index in [1.54, 1.807) is 18.1 Å². The molecule has 1 aliphatic carbocycles. The second-order valence-electron chi connectivity index (χ2n) is 5.39. The van der Waals surface area contributed by atoms with Crippen molar-refractivity contribution in [3.63, 3.8) is 0 Å². The molecule has 6 nitrogen and oxygen atoms in total. The molecule has 1 spiro atoms. The number of anilines is 1. The molecule has 1 aromatic rings. The average molecular weight is 291 g/mol. The van der Waals surface area contributed by atoms with Crippen LogP contribution < -0.4 is 9.64 Å². The number of amides is 1. The topological polar surface area (TPSA) is 76.1 Å². The predicted octanol–water partition coefficient (Wildman–Crippen LogP) is 1.68. The molecule has 1 amide bonds. The molecule has 1 aromatic carbocycles. The first kappa shape index (κ1) is 13.9. The van der Waals surface area contributed by atoms with Crippen LogP contribution in [0.2, 0.25) is 0 Å². The van der Waals surface area contributed by atoms with E-state index in [1.807, 2.05) is 0 Å². The first-order valence-electron chi connectivity index (χ1n) is 6.95. The zero-order chi connectivity index (χ0) is 15.0. The molecule has 3 rings (SSSR count). The normalized spacial score (nSPS) is 18.3. The smallest absolute Gasteiger partial charge is 0.335 e. The minimum atomic E-state index is -1.02. The number of benzene rings is 1. The molecule has 1 aliphatic heterocycles. The van der Waals surface area contributed by atoms with Crippen molar-refractivity contribution in [2.24, 2.45) is 0 Å². The molecule has 21 heavy (non-hydrogen) atoms. The Morgan fingerprint density at radius 2 is 2.24 bits per heavy atom. The van der Waals surface area contributed by atoms with Crippen molar-refractivity contribution >= 4 is 17.6 Å². The molecule has 1 heterocycles. The Labute approximate surface area is 122 Å². The Morgan fingerprint density at radius 1 is 1.48 bits per heavy atom. The highest BCUT2D eigenvalue weighted by molar-refractivity contribution is 6.05. The number of hydrogen-bond donors (Lipinski definition) is 1. The molecule has 1 saturated carbocycles. The van der Waals surface area contributed by atoms with Crippen molar-refractivity contribution < 1.29 is 24.2 Å².